The monoisotopic (exact) mass is 227 g/mol. The van der Waals surface area contributed by atoms with Crippen LogP contribution in [0.25, 0.3) is 0 Å². The highest BCUT2D eigenvalue weighted by atomic mass is 16.5. The molecule has 1 heterocycles. The molecule has 0 spiro atoms. The number of pyridine rings is 1. The molecule has 2 rings (SSSR count). The second-order valence-electron chi connectivity index (χ2n) is 4.25. The van der Waals surface area contributed by atoms with Crippen molar-refractivity contribution in [2.75, 3.05) is 0 Å². The third-order valence-corrected chi connectivity index (χ3v) is 2.83. The molecule has 88 valence electrons. The molecule has 0 saturated heterocycles. The molecular formula is C15H17NO. The second kappa shape index (κ2) is 5.00. The molecule has 2 nitrogen and oxygen atoms in total. The van der Waals surface area contributed by atoms with Gasteiger partial charge in [-0.15, -0.1) is 0 Å². The molecule has 0 saturated carbocycles. The van der Waals surface area contributed by atoms with E-state index in [0.29, 0.717) is 6.61 Å². The first-order valence-electron chi connectivity index (χ1n) is 5.78. The average Bonchev–Trinajstić information content (AvgIpc) is 2.33. The quantitative estimate of drug-likeness (QED) is 0.799. The molecule has 1 aromatic heterocycles. The van der Waals surface area contributed by atoms with E-state index >= 15 is 0 Å². The summed E-state index contributed by atoms with van der Waals surface area (Å²) in [6, 6.07) is 12.2. The molecular weight excluding hydrogens is 210 g/mol. The van der Waals surface area contributed by atoms with Gasteiger partial charge in [0.1, 0.15) is 12.4 Å². The largest absolute Gasteiger partial charge is 0.488 e. The summed E-state index contributed by atoms with van der Waals surface area (Å²) in [5.74, 6) is 0.929. The zero-order chi connectivity index (χ0) is 12.3. The van der Waals surface area contributed by atoms with Crippen LogP contribution in [0.1, 0.15) is 22.5 Å². The first kappa shape index (κ1) is 11.6. The van der Waals surface area contributed by atoms with Gasteiger partial charge in [-0.3, -0.25) is 4.98 Å². The van der Waals surface area contributed by atoms with Crippen molar-refractivity contribution in [1.29, 1.82) is 0 Å². The SMILES string of the molecule is Cc1cc(OCc2ccccc2)c(C)c(C)n1. The van der Waals surface area contributed by atoms with Crippen LogP contribution in [0.5, 0.6) is 5.75 Å². The Morgan fingerprint density at radius 1 is 1.06 bits per heavy atom. The Kier molecular flexibility index (Phi) is 3.43. The molecule has 0 amide bonds. The van der Waals surface area contributed by atoms with Crippen molar-refractivity contribution in [2.45, 2.75) is 27.4 Å². The lowest BCUT2D eigenvalue weighted by Crippen LogP contribution is -2.00. The topological polar surface area (TPSA) is 22.1 Å². The van der Waals surface area contributed by atoms with Crippen LogP contribution in [0.3, 0.4) is 0 Å². The summed E-state index contributed by atoms with van der Waals surface area (Å²) < 4.78 is 5.84. The molecule has 0 bridgehead atoms. The molecule has 0 unspecified atom stereocenters. The summed E-state index contributed by atoms with van der Waals surface area (Å²) in [6.07, 6.45) is 0. The third-order valence-electron chi connectivity index (χ3n) is 2.83. The predicted molar refractivity (Wildman–Crippen MR) is 69.2 cm³/mol. The van der Waals surface area contributed by atoms with Crippen molar-refractivity contribution in [3.63, 3.8) is 0 Å². The van der Waals surface area contributed by atoms with E-state index in [1.165, 1.54) is 5.56 Å². The van der Waals surface area contributed by atoms with E-state index in [0.717, 1.165) is 22.7 Å². The molecule has 0 fully saturated rings. The van der Waals surface area contributed by atoms with Crippen molar-refractivity contribution < 1.29 is 4.74 Å². The summed E-state index contributed by atoms with van der Waals surface area (Å²) >= 11 is 0. The van der Waals surface area contributed by atoms with E-state index < -0.39 is 0 Å². The molecule has 0 aliphatic rings. The van der Waals surface area contributed by atoms with Crippen LogP contribution in [0.2, 0.25) is 0 Å². The fourth-order valence-electron chi connectivity index (χ4n) is 1.74. The maximum Gasteiger partial charge on any atom is 0.126 e. The summed E-state index contributed by atoms with van der Waals surface area (Å²) in [6.45, 7) is 6.65. The van der Waals surface area contributed by atoms with Crippen LogP contribution in [0.15, 0.2) is 36.4 Å². The summed E-state index contributed by atoms with van der Waals surface area (Å²) in [7, 11) is 0. The summed E-state index contributed by atoms with van der Waals surface area (Å²) in [5.41, 5.74) is 4.33. The molecule has 0 aliphatic carbocycles. The van der Waals surface area contributed by atoms with Gasteiger partial charge in [-0.25, -0.2) is 0 Å². The van der Waals surface area contributed by atoms with Crippen LogP contribution in [0.4, 0.5) is 0 Å². The van der Waals surface area contributed by atoms with Crippen LogP contribution < -0.4 is 4.74 Å². The number of benzene rings is 1. The maximum atomic E-state index is 5.84. The zero-order valence-corrected chi connectivity index (χ0v) is 10.5. The number of aryl methyl sites for hydroxylation is 2. The fraction of sp³-hybridized carbons (Fsp3) is 0.267. The lowest BCUT2D eigenvalue weighted by Gasteiger charge is -2.11. The summed E-state index contributed by atoms with van der Waals surface area (Å²) in [4.78, 5) is 4.41. The van der Waals surface area contributed by atoms with Crippen molar-refractivity contribution in [2.24, 2.45) is 0 Å². The highest BCUT2D eigenvalue weighted by Crippen LogP contribution is 2.21. The van der Waals surface area contributed by atoms with Crippen LogP contribution in [0, 0.1) is 20.8 Å². The predicted octanol–water partition coefficient (Wildman–Crippen LogP) is 3.59. The van der Waals surface area contributed by atoms with Crippen molar-refractivity contribution in [3.05, 3.63) is 58.9 Å². The average molecular weight is 227 g/mol. The lowest BCUT2D eigenvalue weighted by molar-refractivity contribution is 0.303. The van der Waals surface area contributed by atoms with E-state index in [1.807, 2.05) is 45.0 Å². The van der Waals surface area contributed by atoms with Gasteiger partial charge in [-0.1, -0.05) is 30.3 Å². The van der Waals surface area contributed by atoms with Gasteiger partial charge in [0.15, 0.2) is 0 Å². The first-order valence-corrected chi connectivity index (χ1v) is 5.78. The zero-order valence-electron chi connectivity index (χ0n) is 10.5. The first-order chi connectivity index (χ1) is 8.16. The lowest BCUT2D eigenvalue weighted by atomic mass is 10.2. The maximum absolute atomic E-state index is 5.84. The molecule has 2 heteroatoms. The Balaban J connectivity index is 2.14. The Bertz CT molecular complexity index is 506. The van der Waals surface area contributed by atoms with Crippen LogP contribution >= 0.6 is 0 Å². The third kappa shape index (κ3) is 2.84. The minimum atomic E-state index is 0.602. The number of nitrogens with zero attached hydrogens (tertiary/aromatic N) is 1. The Hall–Kier alpha value is -1.83. The molecule has 2 aromatic rings. The molecule has 0 radical (unpaired) electrons. The molecule has 1 aromatic carbocycles. The van der Waals surface area contributed by atoms with Gasteiger partial charge in [0.25, 0.3) is 0 Å². The van der Waals surface area contributed by atoms with Crippen LogP contribution in [-0.4, -0.2) is 4.98 Å². The Labute approximate surface area is 102 Å². The molecule has 17 heavy (non-hydrogen) atoms. The highest BCUT2D eigenvalue weighted by Gasteiger charge is 2.05. The van der Waals surface area contributed by atoms with Gasteiger partial charge in [0, 0.05) is 23.0 Å². The van der Waals surface area contributed by atoms with Gasteiger partial charge >= 0.3 is 0 Å². The minimum Gasteiger partial charge on any atom is -0.488 e. The summed E-state index contributed by atoms with van der Waals surface area (Å²) in [5, 5.41) is 0. The van der Waals surface area contributed by atoms with Crippen molar-refractivity contribution in [3.8, 4) is 5.75 Å². The molecule has 0 atom stereocenters. The van der Waals surface area contributed by atoms with E-state index in [1.54, 1.807) is 0 Å². The van der Waals surface area contributed by atoms with E-state index in [4.69, 9.17) is 4.74 Å². The fourth-order valence-corrected chi connectivity index (χ4v) is 1.74. The Morgan fingerprint density at radius 2 is 1.76 bits per heavy atom. The van der Waals surface area contributed by atoms with Crippen molar-refractivity contribution in [1.82, 2.24) is 4.98 Å². The van der Waals surface area contributed by atoms with Gasteiger partial charge in [0.2, 0.25) is 0 Å². The Morgan fingerprint density at radius 3 is 2.47 bits per heavy atom. The smallest absolute Gasteiger partial charge is 0.126 e. The van der Waals surface area contributed by atoms with E-state index in [2.05, 4.69) is 17.1 Å². The number of hydrogen-bond donors (Lipinski definition) is 0. The molecule has 0 N–H and O–H groups in total. The number of aromatic nitrogens is 1. The normalized spacial score (nSPS) is 10.3. The van der Waals surface area contributed by atoms with Gasteiger partial charge < -0.3 is 4.74 Å². The van der Waals surface area contributed by atoms with E-state index in [9.17, 15) is 0 Å². The molecule has 0 aliphatic heterocycles. The second-order valence-corrected chi connectivity index (χ2v) is 4.25. The number of hydrogen-bond acceptors (Lipinski definition) is 2. The van der Waals surface area contributed by atoms with Crippen LogP contribution in [-0.2, 0) is 6.61 Å². The van der Waals surface area contributed by atoms with Gasteiger partial charge in [-0.2, -0.15) is 0 Å². The highest BCUT2D eigenvalue weighted by molar-refractivity contribution is 5.36. The van der Waals surface area contributed by atoms with Gasteiger partial charge in [-0.05, 0) is 26.3 Å². The van der Waals surface area contributed by atoms with E-state index in [-0.39, 0.29) is 0 Å². The minimum absolute atomic E-state index is 0.602. The van der Waals surface area contributed by atoms with Gasteiger partial charge in [0.05, 0.1) is 0 Å². The number of rotatable bonds is 3. The number of ether oxygens (including phenoxy) is 1. The van der Waals surface area contributed by atoms with Crippen molar-refractivity contribution >= 4 is 0 Å². The standard InChI is InChI=1S/C15H17NO/c1-11-9-15(12(2)13(3)16-11)17-10-14-7-5-4-6-8-14/h4-9H,10H2,1-3H3.